The minimum absolute atomic E-state index is 0.0649. The standard InChI is InChI=1S/C27H52N2O10/c28-8-10-32-12-14-34-16-18-36-20-22-38-24-25-39-23-21-37-19-17-35-15-13-33-11-9-29(27(30)31)26-6-4-2-1-3-5-7-26/h1-2,26H,3-25,28H2,(H,30,31)/b2-1+. The molecule has 0 saturated carbocycles. The molecule has 0 heterocycles. The molecule has 0 aromatic carbocycles. The number of ether oxygens (including phenoxy) is 8. The summed E-state index contributed by atoms with van der Waals surface area (Å²) in [6.07, 6.45) is 8.19. The second-order valence-electron chi connectivity index (χ2n) is 8.80. The summed E-state index contributed by atoms with van der Waals surface area (Å²) in [6, 6.07) is 0.0649. The summed E-state index contributed by atoms with van der Waals surface area (Å²) < 4.78 is 43.4. The number of hydrogen-bond acceptors (Lipinski definition) is 10. The van der Waals surface area contributed by atoms with Crippen molar-refractivity contribution in [3.63, 3.8) is 0 Å². The van der Waals surface area contributed by atoms with Crippen molar-refractivity contribution in [3.05, 3.63) is 12.2 Å². The predicted octanol–water partition coefficient (Wildman–Crippen LogP) is 1.95. The average molecular weight is 565 g/mol. The zero-order chi connectivity index (χ0) is 28.1. The van der Waals surface area contributed by atoms with Crippen molar-refractivity contribution >= 4 is 6.09 Å². The maximum Gasteiger partial charge on any atom is 0.407 e. The average Bonchev–Trinajstić information content (AvgIpc) is 2.91. The van der Waals surface area contributed by atoms with E-state index in [1.54, 1.807) is 0 Å². The number of carboxylic acid groups (broad SMARTS) is 1. The van der Waals surface area contributed by atoms with Gasteiger partial charge in [0, 0.05) is 19.1 Å². The summed E-state index contributed by atoms with van der Waals surface area (Å²) in [6.45, 7) is 8.79. The smallest absolute Gasteiger partial charge is 0.407 e. The molecule has 0 aromatic heterocycles. The van der Waals surface area contributed by atoms with E-state index >= 15 is 0 Å². The maximum atomic E-state index is 11.7. The van der Waals surface area contributed by atoms with Gasteiger partial charge in [-0.3, -0.25) is 0 Å². The molecule has 0 aliphatic heterocycles. The molecule has 1 aliphatic rings. The number of allylic oxidation sites excluding steroid dienone is 2. The lowest BCUT2D eigenvalue weighted by atomic mass is 10.00. The third kappa shape index (κ3) is 23.1. The van der Waals surface area contributed by atoms with E-state index in [2.05, 4.69) is 12.2 Å². The maximum absolute atomic E-state index is 11.7. The van der Waals surface area contributed by atoms with Crippen LogP contribution >= 0.6 is 0 Å². The van der Waals surface area contributed by atoms with Crippen molar-refractivity contribution in [2.24, 2.45) is 5.73 Å². The molecular formula is C27H52N2O10. The molecule has 0 aromatic rings. The van der Waals surface area contributed by atoms with E-state index in [0.717, 1.165) is 32.1 Å². The van der Waals surface area contributed by atoms with Gasteiger partial charge in [-0.25, -0.2) is 4.79 Å². The van der Waals surface area contributed by atoms with Crippen LogP contribution in [-0.2, 0) is 37.9 Å². The molecule has 1 atom stereocenters. The van der Waals surface area contributed by atoms with Crippen molar-refractivity contribution in [1.82, 2.24) is 4.90 Å². The van der Waals surface area contributed by atoms with Gasteiger partial charge in [-0.1, -0.05) is 12.2 Å². The van der Waals surface area contributed by atoms with Crippen LogP contribution in [0, 0.1) is 0 Å². The molecule has 1 aliphatic carbocycles. The summed E-state index contributed by atoms with van der Waals surface area (Å²) >= 11 is 0. The summed E-state index contributed by atoms with van der Waals surface area (Å²) in [7, 11) is 0. The molecule has 0 spiro atoms. The number of amides is 1. The summed E-state index contributed by atoms with van der Waals surface area (Å²) in [4.78, 5) is 13.2. The Morgan fingerprint density at radius 3 is 1.41 bits per heavy atom. The second-order valence-corrected chi connectivity index (χ2v) is 8.80. The highest BCUT2D eigenvalue weighted by atomic mass is 16.6. The molecule has 0 bridgehead atoms. The lowest BCUT2D eigenvalue weighted by Crippen LogP contribution is -2.41. The summed E-state index contributed by atoms with van der Waals surface area (Å²) in [5, 5.41) is 9.56. The van der Waals surface area contributed by atoms with Crippen molar-refractivity contribution in [3.8, 4) is 0 Å². The molecule has 1 unspecified atom stereocenters. The SMILES string of the molecule is NCCOCCOCCOCCOCCOCCOCCOCCOCCN(C(=O)O)C1CC/C=C/CCC1. The Balaban J connectivity index is 1.77. The van der Waals surface area contributed by atoms with Gasteiger partial charge in [-0.15, -0.1) is 0 Å². The lowest BCUT2D eigenvalue weighted by molar-refractivity contribution is -0.0234. The first kappa shape index (κ1) is 35.7. The fraction of sp³-hybridized carbons (Fsp3) is 0.889. The zero-order valence-electron chi connectivity index (χ0n) is 23.6. The van der Waals surface area contributed by atoms with Crippen LogP contribution in [0.2, 0.25) is 0 Å². The summed E-state index contributed by atoms with van der Waals surface area (Å²) in [5.41, 5.74) is 5.32. The number of rotatable bonds is 27. The van der Waals surface area contributed by atoms with E-state index in [1.807, 2.05) is 0 Å². The van der Waals surface area contributed by atoms with Crippen LogP contribution in [0.25, 0.3) is 0 Å². The Hall–Kier alpha value is -1.35. The minimum atomic E-state index is -0.873. The molecule has 0 saturated heterocycles. The van der Waals surface area contributed by atoms with Gasteiger partial charge < -0.3 is 53.6 Å². The van der Waals surface area contributed by atoms with Gasteiger partial charge in [0.05, 0.1) is 106 Å². The molecule has 0 radical (unpaired) electrons. The van der Waals surface area contributed by atoms with Crippen LogP contribution in [0.3, 0.4) is 0 Å². The van der Waals surface area contributed by atoms with Crippen LogP contribution in [0.1, 0.15) is 32.1 Å². The second kappa shape index (κ2) is 28.2. The van der Waals surface area contributed by atoms with E-state index < -0.39 is 6.09 Å². The number of hydrogen-bond donors (Lipinski definition) is 2. The third-order valence-electron chi connectivity index (χ3n) is 5.77. The zero-order valence-corrected chi connectivity index (χ0v) is 23.6. The Labute approximate surface area is 233 Å². The van der Waals surface area contributed by atoms with Crippen LogP contribution < -0.4 is 5.73 Å². The van der Waals surface area contributed by atoms with Crippen LogP contribution in [0.5, 0.6) is 0 Å². The predicted molar refractivity (Wildman–Crippen MR) is 146 cm³/mol. The van der Waals surface area contributed by atoms with Crippen molar-refractivity contribution < 1.29 is 47.8 Å². The highest BCUT2D eigenvalue weighted by Gasteiger charge is 2.22. The topological polar surface area (TPSA) is 140 Å². The third-order valence-corrected chi connectivity index (χ3v) is 5.77. The highest BCUT2D eigenvalue weighted by molar-refractivity contribution is 5.65. The van der Waals surface area contributed by atoms with E-state index in [-0.39, 0.29) is 6.04 Å². The van der Waals surface area contributed by atoms with Gasteiger partial charge >= 0.3 is 6.09 Å². The Bertz CT molecular complexity index is 571. The monoisotopic (exact) mass is 564 g/mol. The van der Waals surface area contributed by atoms with Crippen molar-refractivity contribution in [2.45, 2.75) is 38.1 Å². The molecule has 1 amide bonds. The van der Waals surface area contributed by atoms with E-state index in [4.69, 9.17) is 43.6 Å². The normalized spacial score (nSPS) is 16.6. The number of carbonyl (C=O) groups is 1. The van der Waals surface area contributed by atoms with Gasteiger partial charge in [0.2, 0.25) is 0 Å². The van der Waals surface area contributed by atoms with Gasteiger partial charge in [0.15, 0.2) is 0 Å². The van der Waals surface area contributed by atoms with Gasteiger partial charge in [0.1, 0.15) is 0 Å². The first-order chi connectivity index (χ1) is 19.3. The molecule has 39 heavy (non-hydrogen) atoms. The fourth-order valence-corrected chi connectivity index (χ4v) is 3.77. The van der Waals surface area contributed by atoms with E-state index in [1.165, 1.54) is 4.90 Å². The van der Waals surface area contributed by atoms with Gasteiger partial charge in [-0.05, 0) is 32.1 Å². The molecule has 3 N–H and O–H groups in total. The molecule has 230 valence electrons. The molecule has 12 nitrogen and oxygen atoms in total. The number of nitrogens with zero attached hydrogens (tertiary/aromatic N) is 1. The highest BCUT2D eigenvalue weighted by Crippen LogP contribution is 2.18. The largest absolute Gasteiger partial charge is 0.465 e. The molecular weight excluding hydrogens is 512 g/mol. The van der Waals surface area contributed by atoms with Crippen LogP contribution in [0.4, 0.5) is 4.79 Å². The quantitative estimate of drug-likeness (QED) is 0.112. The molecule has 1 rings (SSSR count). The van der Waals surface area contributed by atoms with Gasteiger partial charge in [-0.2, -0.15) is 0 Å². The minimum Gasteiger partial charge on any atom is -0.465 e. The van der Waals surface area contributed by atoms with Crippen molar-refractivity contribution in [1.29, 1.82) is 0 Å². The van der Waals surface area contributed by atoms with Crippen LogP contribution in [0.15, 0.2) is 12.2 Å². The summed E-state index contributed by atoms with van der Waals surface area (Å²) in [5.74, 6) is 0. The van der Waals surface area contributed by atoms with Gasteiger partial charge in [0.25, 0.3) is 0 Å². The lowest BCUT2D eigenvalue weighted by Gasteiger charge is -2.30. The van der Waals surface area contributed by atoms with E-state index in [9.17, 15) is 9.90 Å². The number of nitrogens with two attached hydrogens (primary N) is 1. The fourth-order valence-electron chi connectivity index (χ4n) is 3.77. The van der Waals surface area contributed by atoms with E-state index in [0.29, 0.717) is 119 Å². The first-order valence-electron chi connectivity index (χ1n) is 14.2. The molecule has 12 heteroatoms. The van der Waals surface area contributed by atoms with Crippen LogP contribution in [-0.4, -0.2) is 141 Å². The first-order valence-corrected chi connectivity index (χ1v) is 14.2. The molecule has 0 fully saturated rings. The Morgan fingerprint density at radius 2 is 1.00 bits per heavy atom. The Morgan fingerprint density at radius 1 is 0.615 bits per heavy atom. The Kier molecular flexibility index (Phi) is 25.8. The van der Waals surface area contributed by atoms with Crippen molar-refractivity contribution in [2.75, 3.05) is 119 Å².